The van der Waals surface area contributed by atoms with Gasteiger partial charge in [-0.05, 0) is 62.6 Å². The molecule has 0 aliphatic heterocycles. The van der Waals surface area contributed by atoms with Gasteiger partial charge in [0.15, 0.2) is 0 Å². The molecule has 0 radical (unpaired) electrons. The third-order valence-electron chi connectivity index (χ3n) is 6.37. The van der Waals surface area contributed by atoms with Crippen LogP contribution in [-0.4, -0.2) is 49.0 Å². The lowest BCUT2D eigenvalue weighted by Gasteiger charge is -2.39. The molecule has 5 nitrogen and oxygen atoms in total. The van der Waals surface area contributed by atoms with Crippen LogP contribution >= 0.6 is 0 Å². The maximum atomic E-state index is 14.3. The van der Waals surface area contributed by atoms with E-state index < -0.39 is 41.4 Å². The summed E-state index contributed by atoms with van der Waals surface area (Å²) < 4.78 is 185. The second kappa shape index (κ2) is 14.9. The van der Waals surface area contributed by atoms with Crippen molar-refractivity contribution in [2.75, 3.05) is 13.2 Å². The molecule has 0 heterocycles. The molecule has 47 heavy (non-hydrogen) atoms. The van der Waals surface area contributed by atoms with Gasteiger partial charge in [-0.2, -0.15) is 67.3 Å². The van der Waals surface area contributed by atoms with E-state index in [9.17, 15) is 61.9 Å². The van der Waals surface area contributed by atoms with E-state index in [-0.39, 0.29) is 42.5 Å². The fraction of sp³-hybridized carbons (Fsp3) is 0.483. The Balaban J connectivity index is 1.97. The molecule has 0 N–H and O–H groups in total. The topological polar surface area (TPSA) is 60.2 Å². The summed E-state index contributed by atoms with van der Waals surface area (Å²) in [4.78, 5) is 11.6. The number of carbonyl (C=O) groups excluding carboxylic acids is 1. The van der Waals surface area contributed by atoms with Crippen molar-refractivity contribution in [2.45, 2.75) is 74.8 Å². The van der Waals surface area contributed by atoms with E-state index in [1.54, 1.807) is 0 Å². The van der Waals surface area contributed by atoms with Crippen molar-refractivity contribution < 1.29 is 71.3 Å². The molecule has 0 aliphatic rings. The van der Waals surface area contributed by atoms with E-state index >= 15 is 0 Å². The van der Waals surface area contributed by atoms with Crippen LogP contribution in [0.25, 0.3) is 0 Å². The van der Waals surface area contributed by atoms with Gasteiger partial charge in [0.05, 0.1) is 24.6 Å². The lowest BCUT2D eigenvalue weighted by Crippen LogP contribution is -2.69. The Morgan fingerprint density at radius 2 is 1.13 bits per heavy atom. The fourth-order valence-corrected chi connectivity index (χ4v) is 3.56. The van der Waals surface area contributed by atoms with Crippen LogP contribution in [0, 0.1) is 0 Å². The van der Waals surface area contributed by atoms with Crippen molar-refractivity contribution in [3.63, 3.8) is 0 Å². The number of halogens is 13. The molecule has 18 heteroatoms. The van der Waals surface area contributed by atoms with E-state index in [4.69, 9.17) is 9.47 Å². The van der Waals surface area contributed by atoms with E-state index in [2.05, 4.69) is 16.8 Å². The largest absolute Gasteiger partial charge is 0.494 e. The number of carbonyl (C=O) groups is 1. The van der Waals surface area contributed by atoms with Gasteiger partial charge in [-0.15, -0.1) is 6.58 Å². The zero-order valence-corrected chi connectivity index (χ0v) is 24.3. The van der Waals surface area contributed by atoms with Crippen molar-refractivity contribution >= 4 is 17.3 Å². The summed E-state index contributed by atoms with van der Waals surface area (Å²) in [5.41, 5.74) is -1.40. The molecule has 2 aromatic rings. The number of unbranched alkanes of at least 4 members (excludes halogenated alkanes) is 2. The van der Waals surface area contributed by atoms with Gasteiger partial charge in [-0.25, -0.2) is 0 Å². The number of azo groups is 1. The Labute approximate surface area is 259 Å². The van der Waals surface area contributed by atoms with Crippen LogP contribution in [0.5, 0.6) is 5.75 Å². The van der Waals surface area contributed by atoms with E-state index in [0.29, 0.717) is 50.2 Å². The first kappa shape index (κ1) is 39.3. The van der Waals surface area contributed by atoms with E-state index in [1.165, 1.54) is 24.3 Å². The van der Waals surface area contributed by atoms with Crippen molar-refractivity contribution in [1.29, 1.82) is 0 Å². The third-order valence-corrected chi connectivity index (χ3v) is 6.37. The van der Waals surface area contributed by atoms with Crippen molar-refractivity contribution in [2.24, 2.45) is 10.2 Å². The first-order valence-corrected chi connectivity index (χ1v) is 13.5. The third kappa shape index (κ3) is 8.94. The number of benzene rings is 2. The SMILES string of the molecule is C=C(C)CCOC(=O)CCCCCOc1ccc(N=Nc2ccc(C(F)(F)C(F)(F)C(F)(F)C(F)(F)C(F)(F)C(F)(F)F)cc2)cc1. The highest BCUT2D eigenvalue weighted by Crippen LogP contribution is 2.62. The molecular formula is C29H27F13N2O3. The highest BCUT2D eigenvalue weighted by atomic mass is 19.4. The van der Waals surface area contributed by atoms with Crippen LogP contribution in [0.1, 0.15) is 44.6 Å². The number of rotatable bonds is 17. The molecule has 0 fully saturated rings. The Morgan fingerprint density at radius 1 is 0.638 bits per heavy atom. The molecule has 0 saturated heterocycles. The van der Waals surface area contributed by atoms with Gasteiger partial charge in [-0.1, -0.05) is 17.7 Å². The number of alkyl halides is 13. The molecule has 0 spiro atoms. The Hall–Kier alpha value is -3.86. The average Bonchev–Trinajstić information content (AvgIpc) is 2.97. The van der Waals surface area contributed by atoms with Crippen molar-refractivity contribution in [3.8, 4) is 5.75 Å². The minimum absolute atomic E-state index is 0.00200. The number of hydrogen-bond acceptors (Lipinski definition) is 5. The quantitative estimate of drug-likeness (QED) is 0.0543. The second-order valence-corrected chi connectivity index (χ2v) is 10.2. The Bertz CT molecular complexity index is 1380. The van der Waals surface area contributed by atoms with Gasteiger partial charge in [0.2, 0.25) is 0 Å². The van der Waals surface area contributed by atoms with Gasteiger partial charge in [0.25, 0.3) is 0 Å². The van der Waals surface area contributed by atoms with Crippen LogP contribution < -0.4 is 4.74 Å². The Morgan fingerprint density at radius 3 is 1.62 bits per heavy atom. The first-order valence-electron chi connectivity index (χ1n) is 13.5. The zero-order valence-electron chi connectivity index (χ0n) is 24.3. The summed E-state index contributed by atoms with van der Waals surface area (Å²) >= 11 is 0. The van der Waals surface area contributed by atoms with Crippen LogP contribution in [-0.2, 0) is 15.5 Å². The van der Waals surface area contributed by atoms with Crippen LogP contribution in [0.4, 0.5) is 68.5 Å². The second-order valence-electron chi connectivity index (χ2n) is 10.2. The maximum Gasteiger partial charge on any atom is 0.460 e. The summed E-state index contributed by atoms with van der Waals surface area (Å²) in [5.74, 6) is -37.3. The van der Waals surface area contributed by atoms with Crippen LogP contribution in [0.2, 0.25) is 0 Å². The minimum Gasteiger partial charge on any atom is -0.494 e. The predicted octanol–water partition coefficient (Wildman–Crippen LogP) is 10.7. The Kier molecular flexibility index (Phi) is 12.5. The van der Waals surface area contributed by atoms with Crippen LogP contribution in [0.3, 0.4) is 0 Å². The molecule has 0 aliphatic carbocycles. The molecule has 262 valence electrons. The number of hydrogen-bond donors (Lipinski definition) is 0. The lowest BCUT2D eigenvalue weighted by molar-refractivity contribution is -0.441. The van der Waals surface area contributed by atoms with Gasteiger partial charge in [0, 0.05) is 18.4 Å². The summed E-state index contributed by atoms with van der Waals surface area (Å²) in [6.07, 6.45) is -4.72. The normalized spacial score (nSPS) is 13.6. The molecular weight excluding hydrogens is 671 g/mol. The zero-order chi connectivity index (χ0) is 35.9. The molecule has 0 unspecified atom stereocenters. The average molecular weight is 699 g/mol. The minimum atomic E-state index is -7.97. The smallest absolute Gasteiger partial charge is 0.460 e. The van der Waals surface area contributed by atoms with Crippen LogP contribution in [0.15, 0.2) is 70.9 Å². The first-order chi connectivity index (χ1) is 21.5. The van der Waals surface area contributed by atoms with Crippen molar-refractivity contribution in [3.05, 3.63) is 66.2 Å². The van der Waals surface area contributed by atoms with E-state index in [1.807, 2.05) is 6.92 Å². The van der Waals surface area contributed by atoms with Gasteiger partial charge in [-0.3, -0.25) is 4.79 Å². The standard InChI is InChI=1S/C29H27F13N2O3/c1-18(2)15-17-47-23(45)6-4-3-5-16-46-22-13-11-21(12-14-22)44-43-20-9-7-19(8-10-20)24(30,31)25(32,33)26(34,35)27(36,37)28(38,39)29(40,41)42/h7-14H,1,3-6,15-17H2,2H3. The highest BCUT2D eigenvalue weighted by Gasteiger charge is 2.90. The summed E-state index contributed by atoms with van der Waals surface area (Å²) in [6, 6.07) is 6.79. The van der Waals surface area contributed by atoms with Crippen molar-refractivity contribution in [1.82, 2.24) is 0 Å². The monoisotopic (exact) mass is 698 g/mol. The van der Waals surface area contributed by atoms with Gasteiger partial charge >= 0.3 is 41.8 Å². The molecule has 0 bridgehead atoms. The molecule has 0 aromatic heterocycles. The molecule has 2 aromatic carbocycles. The molecule has 2 rings (SSSR count). The van der Waals surface area contributed by atoms with Gasteiger partial charge < -0.3 is 9.47 Å². The number of esters is 1. The highest BCUT2D eigenvalue weighted by molar-refractivity contribution is 5.69. The summed E-state index contributed by atoms with van der Waals surface area (Å²) in [6.45, 7) is 6.13. The molecule has 0 atom stereocenters. The number of nitrogens with zero attached hydrogens (tertiary/aromatic N) is 2. The summed E-state index contributed by atoms with van der Waals surface area (Å²) in [7, 11) is 0. The van der Waals surface area contributed by atoms with E-state index in [0.717, 1.165) is 5.57 Å². The predicted molar refractivity (Wildman–Crippen MR) is 141 cm³/mol. The molecule has 0 amide bonds. The summed E-state index contributed by atoms with van der Waals surface area (Å²) in [5, 5.41) is 7.32. The lowest BCUT2D eigenvalue weighted by atomic mass is 9.90. The van der Waals surface area contributed by atoms with Gasteiger partial charge in [0.1, 0.15) is 5.75 Å². The number of ether oxygens (including phenoxy) is 2. The maximum absolute atomic E-state index is 14.3. The fourth-order valence-electron chi connectivity index (χ4n) is 3.56. The molecule has 0 saturated carbocycles.